The number of benzene rings is 8. The number of aromatic carboxylic acids is 1. The molecule has 0 spiro atoms. The van der Waals surface area contributed by atoms with E-state index in [1.165, 1.54) is 0 Å². The molecule has 6 nitrogen and oxygen atoms in total. The number of aliphatic hydroxyl groups is 1. The molecule has 0 bridgehead atoms. The summed E-state index contributed by atoms with van der Waals surface area (Å²) in [5.41, 5.74) is 5.00. The Labute approximate surface area is 366 Å². The van der Waals surface area contributed by atoms with Crippen LogP contribution in [0.5, 0.6) is 23.0 Å². The van der Waals surface area contributed by atoms with Crippen LogP contribution < -0.4 is 9.47 Å². The van der Waals surface area contributed by atoms with Crippen LogP contribution in [0.25, 0.3) is 43.1 Å². The highest BCUT2D eigenvalue weighted by Crippen LogP contribution is 2.52. The summed E-state index contributed by atoms with van der Waals surface area (Å²) in [5, 5.41) is 29.7. The van der Waals surface area contributed by atoms with Gasteiger partial charge in [0.25, 0.3) is 0 Å². The highest BCUT2D eigenvalue weighted by molar-refractivity contribution is 9.10. The lowest BCUT2D eigenvalue weighted by molar-refractivity contribution is 0.0698. The van der Waals surface area contributed by atoms with Crippen LogP contribution in [0.1, 0.15) is 119 Å². The Hall–Kier alpha value is -5.92. The third-order valence-electron chi connectivity index (χ3n) is 11.8. The number of halogens is 1. The summed E-state index contributed by atoms with van der Waals surface area (Å²) in [6.45, 7) is 21.4. The van der Waals surface area contributed by atoms with Gasteiger partial charge in [0.2, 0.25) is 5.90 Å². The summed E-state index contributed by atoms with van der Waals surface area (Å²) < 4.78 is 14.7. The molecule has 0 aliphatic carbocycles. The highest BCUT2D eigenvalue weighted by Gasteiger charge is 2.29. The third-order valence-corrected chi connectivity index (χ3v) is 12.5. The average molecular weight is 875 g/mol. The van der Waals surface area contributed by atoms with Gasteiger partial charge in [-0.15, -0.1) is 0 Å². The SMILES string of the molecule is CC(C)c1cccc(C(C)C)c1N=C(O)c1cc(Oc2ccc(C(C)(C)C)cc2)c2c3cccc4c(Br)ccc(c5c(Oc6ccc(C(C)(C)C)cc6)cc(C(=O)O)c1c52)c43. The topological polar surface area (TPSA) is 88.4 Å². The van der Waals surface area contributed by atoms with Crippen molar-refractivity contribution in [1.29, 1.82) is 0 Å². The molecule has 0 radical (unpaired) electrons. The highest BCUT2D eigenvalue weighted by atomic mass is 79.9. The third kappa shape index (κ3) is 7.58. The number of aliphatic imine (C=N–C) groups is 1. The lowest BCUT2D eigenvalue weighted by Crippen LogP contribution is -2.10. The van der Waals surface area contributed by atoms with Crippen molar-refractivity contribution in [2.24, 2.45) is 4.99 Å². The van der Waals surface area contributed by atoms with Gasteiger partial charge >= 0.3 is 5.97 Å². The maximum Gasteiger partial charge on any atom is 0.336 e. The van der Waals surface area contributed by atoms with Gasteiger partial charge in [-0.1, -0.05) is 152 Å². The second-order valence-electron chi connectivity index (χ2n) is 18.8. The first-order valence-electron chi connectivity index (χ1n) is 20.9. The number of carboxylic acids is 1. The molecule has 8 aromatic carbocycles. The van der Waals surface area contributed by atoms with E-state index in [4.69, 9.17) is 14.5 Å². The summed E-state index contributed by atoms with van der Waals surface area (Å²) in [7, 11) is 0. The molecule has 2 N–H and O–H groups in total. The maximum absolute atomic E-state index is 13.7. The quantitative estimate of drug-likeness (QED) is 0.0653. The number of hydrogen-bond acceptors (Lipinski definition) is 4. The fraction of sp³-hybridized carbons (Fsp3) is 0.259. The van der Waals surface area contributed by atoms with Gasteiger partial charge in [-0.2, -0.15) is 0 Å². The van der Waals surface area contributed by atoms with Gasteiger partial charge in [0.15, 0.2) is 0 Å². The van der Waals surface area contributed by atoms with E-state index in [0.717, 1.165) is 48.3 Å². The molecule has 0 fully saturated rings. The fourth-order valence-electron chi connectivity index (χ4n) is 8.52. The zero-order valence-corrected chi connectivity index (χ0v) is 38.1. The van der Waals surface area contributed by atoms with Crippen LogP contribution in [-0.2, 0) is 10.8 Å². The van der Waals surface area contributed by atoms with Crippen LogP contribution in [-0.4, -0.2) is 22.1 Å². The number of ether oxygens (including phenoxy) is 2. The Balaban J connectivity index is 1.54. The predicted molar refractivity (Wildman–Crippen MR) is 256 cm³/mol. The molecule has 8 rings (SSSR count). The monoisotopic (exact) mass is 873 g/mol. The summed E-state index contributed by atoms with van der Waals surface area (Å²) in [5.74, 6) is 0.711. The van der Waals surface area contributed by atoms with E-state index in [0.29, 0.717) is 50.2 Å². The molecule has 310 valence electrons. The Bertz CT molecular complexity index is 2970. The van der Waals surface area contributed by atoms with Crippen molar-refractivity contribution in [2.45, 2.75) is 91.9 Å². The van der Waals surface area contributed by atoms with E-state index in [1.807, 2.05) is 78.9 Å². The van der Waals surface area contributed by atoms with Crippen molar-refractivity contribution in [1.82, 2.24) is 0 Å². The van der Waals surface area contributed by atoms with Crippen molar-refractivity contribution in [3.8, 4) is 23.0 Å². The normalized spacial score (nSPS) is 12.8. The number of rotatable bonds is 9. The van der Waals surface area contributed by atoms with Gasteiger partial charge in [0, 0.05) is 31.6 Å². The number of carboxylic acid groups (broad SMARTS) is 1. The summed E-state index contributed by atoms with van der Waals surface area (Å²) in [6.07, 6.45) is 0. The smallest absolute Gasteiger partial charge is 0.336 e. The molecule has 7 heteroatoms. The molecule has 0 heterocycles. The Morgan fingerprint density at radius 1 is 0.557 bits per heavy atom. The zero-order valence-electron chi connectivity index (χ0n) is 36.5. The van der Waals surface area contributed by atoms with Gasteiger partial charge in [-0.05, 0) is 109 Å². The molecule has 0 aromatic heterocycles. The Morgan fingerprint density at radius 3 is 1.49 bits per heavy atom. The summed E-state index contributed by atoms with van der Waals surface area (Å²) in [6, 6.07) is 35.6. The second-order valence-corrected chi connectivity index (χ2v) is 19.6. The van der Waals surface area contributed by atoms with Crippen LogP contribution in [0.3, 0.4) is 0 Å². The predicted octanol–water partition coefficient (Wildman–Crippen LogP) is 16.3. The van der Waals surface area contributed by atoms with Crippen LogP contribution in [0.2, 0.25) is 0 Å². The molecule has 0 aliphatic heterocycles. The minimum absolute atomic E-state index is 0.0342. The largest absolute Gasteiger partial charge is 0.493 e. The van der Waals surface area contributed by atoms with E-state index in [2.05, 4.69) is 103 Å². The second kappa shape index (κ2) is 15.5. The summed E-state index contributed by atoms with van der Waals surface area (Å²) in [4.78, 5) is 18.7. The van der Waals surface area contributed by atoms with Crippen LogP contribution in [0.15, 0.2) is 119 Å². The number of para-hydroxylation sites is 1. The minimum Gasteiger partial charge on any atom is -0.493 e. The number of fused-ring (bicyclic) bond motifs is 2. The first kappa shape index (κ1) is 41.8. The number of aliphatic hydroxyl groups excluding tert-OH is 1. The lowest BCUT2D eigenvalue weighted by atomic mass is 9.85. The fourth-order valence-corrected chi connectivity index (χ4v) is 8.98. The number of carbonyl (C=O) groups is 1. The number of hydrogen-bond donors (Lipinski definition) is 2. The average Bonchev–Trinajstić information content (AvgIpc) is 3.20. The molecule has 0 saturated carbocycles. The first-order valence-corrected chi connectivity index (χ1v) is 21.7. The molecule has 61 heavy (non-hydrogen) atoms. The van der Waals surface area contributed by atoms with E-state index in [1.54, 1.807) is 12.1 Å². The van der Waals surface area contributed by atoms with Crippen LogP contribution in [0, 0.1) is 0 Å². The standard InChI is InChI=1S/C54H52BrNO5/c1-29(2)35-13-11-14-36(30(3)4)50(35)56-51(57)40-27-43(60-33-21-17-31(18-22-33)53(5,6)7)47-38-16-12-15-37-42(55)26-25-39(45(37)38)48-44(28-41(52(58)59)46(40)49(47)48)61-34-23-19-32(20-24-34)54(8,9)10/h11-30H,1-10H3,(H,56,57)(H,58,59). The van der Waals surface area contributed by atoms with Crippen LogP contribution >= 0.6 is 15.9 Å². The van der Waals surface area contributed by atoms with Gasteiger partial charge in [0.1, 0.15) is 23.0 Å². The number of nitrogens with zero attached hydrogens (tertiary/aromatic N) is 1. The molecule has 0 atom stereocenters. The van der Waals surface area contributed by atoms with E-state index in [-0.39, 0.29) is 39.7 Å². The van der Waals surface area contributed by atoms with Gasteiger partial charge < -0.3 is 19.7 Å². The van der Waals surface area contributed by atoms with Gasteiger partial charge in [-0.25, -0.2) is 9.79 Å². The van der Waals surface area contributed by atoms with Crippen molar-refractivity contribution in [2.75, 3.05) is 0 Å². The molecule has 0 aliphatic rings. The first-order chi connectivity index (χ1) is 28.8. The van der Waals surface area contributed by atoms with Crippen molar-refractivity contribution in [3.05, 3.63) is 147 Å². The van der Waals surface area contributed by atoms with Crippen molar-refractivity contribution in [3.63, 3.8) is 0 Å². The molecule has 0 amide bonds. The van der Waals surface area contributed by atoms with Gasteiger partial charge in [-0.3, -0.25) is 0 Å². The Kier molecular flexibility index (Phi) is 10.6. The summed E-state index contributed by atoms with van der Waals surface area (Å²) >= 11 is 3.82. The van der Waals surface area contributed by atoms with Crippen LogP contribution in [0.4, 0.5) is 5.69 Å². The van der Waals surface area contributed by atoms with E-state index >= 15 is 0 Å². The lowest BCUT2D eigenvalue weighted by Gasteiger charge is -2.23. The van der Waals surface area contributed by atoms with Gasteiger partial charge in [0.05, 0.1) is 11.3 Å². The van der Waals surface area contributed by atoms with Crippen molar-refractivity contribution >= 4 is 76.6 Å². The minimum atomic E-state index is -1.17. The molecule has 0 unspecified atom stereocenters. The van der Waals surface area contributed by atoms with E-state index < -0.39 is 5.97 Å². The Morgan fingerprint density at radius 2 is 1.02 bits per heavy atom. The van der Waals surface area contributed by atoms with E-state index in [9.17, 15) is 15.0 Å². The van der Waals surface area contributed by atoms with Crippen molar-refractivity contribution < 1.29 is 24.5 Å². The zero-order chi connectivity index (χ0) is 43.7. The molecule has 0 saturated heterocycles. The molecular formula is C54H52BrNO5. The maximum atomic E-state index is 13.7. The molecular weight excluding hydrogens is 822 g/mol. The molecule has 8 aromatic rings.